The molecule has 2 N–H and O–H groups in total. The SMILES string of the molecule is CCCCOc1cc(F)c(NC=C(C#N)c2nn[nH]n2)c(F)c1. The highest BCUT2D eigenvalue weighted by atomic mass is 19.1. The minimum absolute atomic E-state index is 0.0142. The highest BCUT2D eigenvalue weighted by Crippen LogP contribution is 2.25. The van der Waals surface area contributed by atoms with E-state index in [2.05, 4.69) is 25.9 Å². The zero-order valence-electron chi connectivity index (χ0n) is 12.3. The van der Waals surface area contributed by atoms with Crippen LogP contribution in [0.2, 0.25) is 0 Å². The lowest BCUT2D eigenvalue weighted by Gasteiger charge is -2.09. The third-order valence-corrected chi connectivity index (χ3v) is 2.85. The number of rotatable bonds is 7. The smallest absolute Gasteiger partial charge is 0.216 e. The average Bonchev–Trinajstić information content (AvgIpc) is 3.04. The third kappa shape index (κ3) is 4.23. The maximum Gasteiger partial charge on any atom is 0.216 e. The summed E-state index contributed by atoms with van der Waals surface area (Å²) in [4.78, 5) is 0. The average molecular weight is 320 g/mol. The molecule has 0 aliphatic rings. The van der Waals surface area contributed by atoms with Gasteiger partial charge in [0.05, 0.1) is 6.61 Å². The predicted octanol–water partition coefficient (Wildman–Crippen LogP) is 2.63. The Morgan fingerprint density at radius 3 is 2.74 bits per heavy atom. The second-order valence-corrected chi connectivity index (χ2v) is 4.51. The van der Waals surface area contributed by atoms with Crippen LogP contribution in [0.5, 0.6) is 5.75 Å². The number of H-pyrrole nitrogens is 1. The van der Waals surface area contributed by atoms with Crippen molar-refractivity contribution in [2.75, 3.05) is 11.9 Å². The van der Waals surface area contributed by atoms with E-state index in [0.29, 0.717) is 6.61 Å². The van der Waals surface area contributed by atoms with Crippen LogP contribution in [0.1, 0.15) is 25.6 Å². The summed E-state index contributed by atoms with van der Waals surface area (Å²) in [5.41, 5.74) is -0.426. The Balaban J connectivity index is 2.15. The fraction of sp³-hybridized carbons (Fsp3) is 0.286. The van der Waals surface area contributed by atoms with Gasteiger partial charge in [0.15, 0.2) is 11.6 Å². The van der Waals surface area contributed by atoms with Crippen molar-refractivity contribution in [2.45, 2.75) is 19.8 Å². The number of nitriles is 1. The first-order valence-electron chi connectivity index (χ1n) is 6.88. The van der Waals surface area contributed by atoms with Crippen molar-refractivity contribution in [3.05, 3.63) is 35.8 Å². The van der Waals surface area contributed by atoms with E-state index in [1.54, 1.807) is 6.07 Å². The summed E-state index contributed by atoms with van der Waals surface area (Å²) in [5.74, 6) is -1.54. The number of benzene rings is 1. The molecule has 0 saturated heterocycles. The number of anilines is 1. The summed E-state index contributed by atoms with van der Waals surface area (Å²) in [6.07, 6.45) is 2.81. The summed E-state index contributed by atoms with van der Waals surface area (Å²) < 4.78 is 33.2. The number of unbranched alkanes of at least 4 members (excludes halogenated alkanes) is 1. The largest absolute Gasteiger partial charge is 0.493 e. The molecule has 1 aromatic carbocycles. The van der Waals surface area contributed by atoms with Gasteiger partial charge in [-0.2, -0.15) is 10.5 Å². The van der Waals surface area contributed by atoms with Gasteiger partial charge in [0.2, 0.25) is 5.82 Å². The summed E-state index contributed by atoms with van der Waals surface area (Å²) >= 11 is 0. The fourth-order valence-corrected chi connectivity index (χ4v) is 1.67. The van der Waals surface area contributed by atoms with Gasteiger partial charge in [0.1, 0.15) is 23.1 Å². The van der Waals surface area contributed by atoms with E-state index in [1.807, 2.05) is 6.92 Å². The highest BCUT2D eigenvalue weighted by Gasteiger charge is 2.12. The standard InChI is InChI=1S/C14H14F2N6O/c1-2-3-4-23-10-5-11(15)13(12(16)6-10)18-8-9(7-17)14-19-21-22-20-14/h5-6,8,18H,2-4H2,1H3,(H,19,20,21,22). The molecule has 2 rings (SSSR count). The molecule has 23 heavy (non-hydrogen) atoms. The number of nitrogens with one attached hydrogen (secondary N) is 2. The molecule has 7 nitrogen and oxygen atoms in total. The van der Waals surface area contributed by atoms with Crippen LogP contribution in [0, 0.1) is 23.0 Å². The van der Waals surface area contributed by atoms with Crippen molar-refractivity contribution in [3.8, 4) is 11.8 Å². The zero-order valence-corrected chi connectivity index (χ0v) is 12.3. The molecule has 120 valence electrons. The molecule has 0 saturated carbocycles. The summed E-state index contributed by atoms with van der Waals surface area (Å²) in [6.45, 7) is 2.37. The normalized spacial score (nSPS) is 11.1. The second kappa shape index (κ2) is 7.84. The van der Waals surface area contributed by atoms with E-state index in [0.717, 1.165) is 31.2 Å². The van der Waals surface area contributed by atoms with E-state index in [4.69, 9.17) is 10.00 Å². The van der Waals surface area contributed by atoms with Gasteiger partial charge in [-0.3, -0.25) is 0 Å². The van der Waals surface area contributed by atoms with Crippen molar-refractivity contribution >= 4 is 11.3 Å². The van der Waals surface area contributed by atoms with Crippen molar-refractivity contribution in [2.24, 2.45) is 0 Å². The minimum Gasteiger partial charge on any atom is -0.493 e. The van der Waals surface area contributed by atoms with Gasteiger partial charge in [-0.25, -0.2) is 8.78 Å². The van der Waals surface area contributed by atoms with E-state index >= 15 is 0 Å². The minimum atomic E-state index is -0.835. The molecule has 0 fully saturated rings. The highest BCUT2D eigenvalue weighted by molar-refractivity contribution is 5.74. The van der Waals surface area contributed by atoms with Crippen LogP contribution in [0.3, 0.4) is 0 Å². The van der Waals surface area contributed by atoms with Crippen molar-refractivity contribution in [1.82, 2.24) is 20.6 Å². The van der Waals surface area contributed by atoms with Gasteiger partial charge in [-0.1, -0.05) is 13.3 Å². The number of ether oxygens (including phenoxy) is 1. The van der Waals surface area contributed by atoms with Gasteiger partial charge in [0, 0.05) is 18.3 Å². The molecular formula is C14H14F2N6O. The van der Waals surface area contributed by atoms with Gasteiger partial charge >= 0.3 is 0 Å². The quantitative estimate of drug-likeness (QED) is 0.601. The molecule has 0 radical (unpaired) electrons. The predicted molar refractivity (Wildman–Crippen MR) is 78.2 cm³/mol. The Morgan fingerprint density at radius 2 is 2.17 bits per heavy atom. The summed E-state index contributed by atoms with van der Waals surface area (Å²) in [6, 6.07) is 3.96. The van der Waals surface area contributed by atoms with E-state index in [9.17, 15) is 8.78 Å². The Hall–Kier alpha value is -3.02. The molecule has 0 amide bonds. The lowest BCUT2D eigenvalue weighted by molar-refractivity contribution is 0.306. The number of hydrogen-bond acceptors (Lipinski definition) is 6. The molecule has 9 heteroatoms. The first-order valence-corrected chi connectivity index (χ1v) is 6.88. The van der Waals surface area contributed by atoms with Gasteiger partial charge in [-0.15, -0.1) is 10.2 Å². The molecule has 0 spiro atoms. The van der Waals surface area contributed by atoms with Crippen LogP contribution >= 0.6 is 0 Å². The number of allylic oxidation sites excluding steroid dienone is 1. The Labute approximate surface area is 131 Å². The summed E-state index contributed by atoms with van der Waals surface area (Å²) in [7, 11) is 0. The molecule has 0 bridgehead atoms. The number of nitrogens with zero attached hydrogens (tertiary/aromatic N) is 4. The van der Waals surface area contributed by atoms with Crippen molar-refractivity contribution in [3.63, 3.8) is 0 Å². The molecule has 0 aliphatic heterocycles. The van der Waals surface area contributed by atoms with Gasteiger partial charge in [-0.05, 0) is 11.6 Å². The topological polar surface area (TPSA) is 99.5 Å². The molecule has 1 heterocycles. The number of hydrogen-bond donors (Lipinski definition) is 2. The number of halogens is 2. The van der Waals surface area contributed by atoms with Crippen LogP contribution in [0.25, 0.3) is 5.57 Å². The molecule has 0 atom stereocenters. The monoisotopic (exact) mass is 320 g/mol. The van der Waals surface area contributed by atoms with Gasteiger partial charge < -0.3 is 10.1 Å². The van der Waals surface area contributed by atoms with Crippen LogP contribution in [0.15, 0.2) is 18.3 Å². The molecule has 0 unspecified atom stereocenters. The number of tetrazole rings is 1. The Kier molecular flexibility index (Phi) is 5.57. The fourth-order valence-electron chi connectivity index (χ4n) is 1.67. The lowest BCUT2D eigenvalue weighted by atomic mass is 10.2. The van der Waals surface area contributed by atoms with Crippen LogP contribution in [-0.2, 0) is 0 Å². The summed E-state index contributed by atoms with van der Waals surface area (Å²) in [5, 5.41) is 24.1. The van der Waals surface area contributed by atoms with E-state index in [-0.39, 0.29) is 17.1 Å². The first-order chi connectivity index (χ1) is 11.2. The Morgan fingerprint density at radius 1 is 1.43 bits per heavy atom. The maximum absolute atomic E-state index is 14.0. The first kappa shape index (κ1) is 16.4. The van der Waals surface area contributed by atoms with Crippen LogP contribution in [-0.4, -0.2) is 27.2 Å². The van der Waals surface area contributed by atoms with E-state index in [1.165, 1.54) is 0 Å². The van der Waals surface area contributed by atoms with Crippen LogP contribution in [0.4, 0.5) is 14.5 Å². The van der Waals surface area contributed by atoms with E-state index < -0.39 is 17.3 Å². The third-order valence-electron chi connectivity index (χ3n) is 2.85. The maximum atomic E-state index is 14.0. The molecule has 1 aromatic heterocycles. The second-order valence-electron chi connectivity index (χ2n) is 4.51. The van der Waals surface area contributed by atoms with Gasteiger partial charge in [0.25, 0.3) is 0 Å². The Bertz CT molecular complexity index is 700. The number of aromatic amines is 1. The molecular weight excluding hydrogens is 306 g/mol. The molecule has 0 aliphatic carbocycles. The number of aromatic nitrogens is 4. The van der Waals surface area contributed by atoms with Crippen LogP contribution < -0.4 is 10.1 Å². The van der Waals surface area contributed by atoms with Crippen molar-refractivity contribution in [1.29, 1.82) is 5.26 Å². The zero-order chi connectivity index (χ0) is 16.7. The van der Waals surface area contributed by atoms with Crippen molar-refractivity contribution < 1.29 is 13.5 Å². The lowest BCUT2D eigenvalue weighted by Crippen LogP contribution is -2.02. The molecule has 2 aromatic rings.